The molecule has 0 radical (unpaired) electrons. The average Bonchev–Trinajstić information content (AvgIpc) is 2.93. The standard InChI is InChI=1S/C20H17ClN2O5/c1-12(2)11-27-20(26)28-17(24)10-16-18-15(4-3-9-22-18)19(25)23(16)14-7-5-13(21)6-8-14/h3-10,12H,11H2,1-2H3/b16-10+. The fraction of sp³-hybridized carbons (Fsp3) is 0.200. The highest BCUT2D eigenvalue weighted by Gasteiger charge is 2.35. The van der Waals surface area contributed by atoms with Gasteiger partial charge in [0.1, 0.15) is 5.69 Å². The Morgan fingerprint density at radius 2 is 1.93 bits per heavy atom. The zero-order valence-electron chi connectivity index (χ0n) is 15.2. The van der Waals surface area contributed by atoms with Gasteiger partial charge in [0.25, 0.3) is 5.91 Å². The third-order valence-electron chi connectivity index (χ3n) is 3.78. The van der Waals surface area contributed by atoms with E-state index in [9.17, 15) is 14.4 Å². The molecule has 0 bridgehead atoms. The van der Waals surface area contributed by atoms with Gasteiger partial charge in [-0.15, -0.1) is 0 Å². The molecule has 0 fully saturated rings. The molecule has 0 saturated carbocycles. The number of pyridine rings is 1. The number of benzene rings is 1. The molecule has 2 aromatic rings. The second-order valence-corrected chi connectivity index (χ2v) is 6.86. The number of carbonyl (C=O) groups is 3. The first-order chi connectivity index (χ1) is 13.4. The number of nitrogens with zero attached hydrogens (tertiary/aromatic N) is 2. The lowest BCUT2D eigenvalue weighted by molar-refractivity contribution is -0.134. The van der Waals surface area contributed by atoms with Crippen molar-refractivity contribution >= 4 is 41.0 Å². The summed E-state index contributed by atoms with van der Waals surface area (Å²) in [4.78, 5) is 42.2. The molecular formula is C20H17ClN2O5. The Kier molecular flexibility index (Phi) is 5.75. The van der Waals surface area contributed by atoms with Gasteiger partial charge in [-0.3, -0.25) is 14.7 Å². The van der Waals surface area contributed by atoms with Crippen LogP contribution in [0.1, 0.15) is 29.9 Å². The van der Waals surface area contributed by atoms with Crippen LogP contribution in [-0.2, 0) is 14.3 Å². The second-order valence-electron chi connectivity index (χ2n) is 6.42. The summed E-state index contributed by atoms with van der Waals surface area (Å²) in [6.07, 6.45) is 1.45. The molecule has 1 aromatic carbocycles. The molecule has 144 valence electrons. The molecule has 28 heavy (non-hydrogen) atoms. The molecule has 1 aliphatic rings. The summed E-state index contributed by atoms with van der Waals surface area (Å²) in [7, 11) is 0. The van der Waals surface area contributed by atoms with E-state index in [1.807, 2.05) is 13.8 Å². The van der Waals surface area contributed by atoms with Gasteiger partial charge in [-0.1, -0.05) is 25.4 Å². The van der Waals surface area contributed by atoms with Crippen molar-refractivity contribution in [1.29, 1.82) is 0 Å². The normalized spacial score (nSPS) is 14.4. The van der Waals surface area contributed by atoms with Gasteiger partial charge < -0.3 is 9.47 Å². The molecule has 0 atom stereocenters. The number of rotatable bonds is 4. The predicted octanol–water partition coefficient (Wildman–Crippen LogP) is 4.07. The fourth-order valence-corrected chi connectivity index (χ4v) is 2.71. The number of aromatic nitrogens is 1. The van der Waals surface area contributed by atoms with Crippen LogP contribution in [0.4, 0.5) is 10.5 Å². The van der Waals surface area contributed by atoms with E-state index in [1.165, 1.54) is 11.1 Å². The van der Waals surface area contributed by atoms with Gasteiger partial charge in [0.15, 0.2) is 0 Å². The molecular weight excluding hydrogens is 384 g/mol. The molecule has 1 amide bonds. The van der Waals surface area contributed by atoms with Gasteiger partial charge in [0.05, 0.1) is 23.9 Å². The molecule has 7 nitrogen and oxygen atoms in total. The number of ether oxygens (including phenoxy) is 2. The molecule has 1 aliphatic heterocycles. The maximum Gasteiger partial charge on any atom is 0.516 e. The van der Waals surface area contributed by atoms with Crippen LogP contribution >= 0.6 is 11.6 Å². The summed E-state index contributed by atoms with van der Waals surface area (Å²) < 4.78 is 9.48. The Morgan fingerprint density at radius 1 is 1.21 bits per heavy atom. The maximum absolute atomic E-state index is 12.8. The maximum atomic E-state index is 12.8. The molecule has 8 heteroatoms. The topological polar surface area (TPSA) is 85.8 Å². The predicted molar refractivity (Wildman–Crippen MR) is 103 cm³/mol. The van der Waals surface area contributed by atoms with E-state index in [0.29, 0.717) is 22.0 Å². The van der Waals surface area contributed by atoms with Crippen LogP contribution in [0.2, 0.25) is 5.02 Å². The van der Waals surface area contributed by atoms with Gasteiger partial charge >= 0.3 is 12.1 Å². The Hall–Kier alpha value is -3.19. The first-order valence-corrected chi connectivity index (χ1v) is 8.90. The monoisotopic (exact) mass is 400 g/mol. The number of anilines is 1. The molecule has 3 rings (SSSR count). The van der Waals surface area contributed by atoms with Crippen LogP contribution in [0.5, 0.6) is 0 Å². The molecule has 0 N–H and O–H groups in total. The Balaban J connectivity index is 1.91. The van der Waals surface area contributed by atoms with Gasteiger partial charge in [0.2, 0.25) is 0 Å². The van der Waals surface area contributed by atoms with Gasteiger partial charge in [-0.2, -0.15) is 0 Å². The third-order valence-corrected chi connectivity index (χ3v) is 4.03. The van der Waals surface area contributed by atoms with Crippen LogP contribution in [0.15, 0.2) is 48.7 Å². The number of fused-ring (bicyclic) bond motifs is 1. The highest BCUT2D eigenvalue weighted by atomic mass is 35.5. The summed E-state index contributed by atoms with van der Waals surface area (Å²) in [6, 6.07) is 9.77. The number of carbonyl (C=O) groups excluding carboxylic acids is 3. The van der Waals surface area contributed by atoms with Crippen molar-refractivity contribution in [3.8, 4) is 0 Å². The third kappa shape index (κ3) is 4.20. The summed E-state index contributed by atoms with van der Waals surface area (Å²) in [5.74, 6) is -1.22. The van der Waals surface area contributed by atoms with E-state index in [-0.39, 0.29) is 24.1 Å². The number of esters is 1. The minimum Gasteiger partial charge on any atom is -0.434 e. The van der Waals surface area contributed by atoms with Crippen LogP contribution in [0.25, 0.3) is 5.70 Å². The minimum atomic E-state index is -1.10. The zero-order valence-corrected chi connectivity index (χ0v) is 16.0. The molecule has 0 spiro atoms. The van der Waals surface area contributed by atoms with Crippen LogP contribution in [0, 0.1) is 5.92 Å². The van der Waals surface area contributed by atoms with Gasteiger partial charge in [-0.25, -0.2) is 9.59 Å². The molecule has 1 aromatic heterocycles. The molecule has 0 aliphatic carbocycles. The summed E-state index contributed by atoms with van der Waals surface area (Å²) in [5.41, 5.74) is 1.34. The van der Waals surface area contributed by atoms with E-state index in [4.69, 9.17) is 16.3 Å². The Morgan fingerprint density at radius 3 is 2.61 bits per heavy atom. The SMILES string of the molecule is CC(C)COC(=O)OC(=O)/C=C1\c2ncccc2C(=O)N1c1ccc(Cl)cc1. The quantitative estimate of drug-likeness (QED) is 0.437. The lowest BCUT2D eigenvalue weighted by Gasteiger charge is -2.18. The fourth-order valence-electron chi connectivity index (χ4n) is 2.58. The number of amides is 1. The van der Waals surface area contributed by atoms with Gasteiger partial charge in [0, 0.05) is 16.9 Å². The van der Waals surface area contributed by atoms with Crippen LogP contribution < -0.4 is 4.90 Å². The first-order valence-electron chi connectivity index (χ1n) is 8.52. The van der Waals surface area contributed by atoms with Crippen LogP contribution in [0.3, 0.4) is 0 Å². The second kappa shape index (κ2) is 8.22. The van der Waals surface area contributed by atoms with E-state index < -0.39 is 12.1 Å². The number of hydrogen-bond acceptors (Lipinski definition) is 6. The summed E-state index contributed by atoms with van der Waals surface area (Å²) in [5, 5.41) is 0.504. The minimum absolute atomic E-state index is 0.102. The Bertz CT molecular complexity index is 953. The molecule has 0 unspecified atom stereocenters. The van der Waals surface area contributed by atoms with Gasteiger partial charge in [-0.05, 0) is 42.3 Å². The van der Waals surface area contributed by atoms with Crippen molar-refractivity contribution in [3.63, 3.8) is 0 Å². The smallest absolute Gasteiger partial charge is 0.434 e. The molecule has 2 heterocycles. The largest absolute Gasteiger partial charge is 0.516 e. The van der Waals surface area contributed by atoms with E-state index in [2.05, 4.69) is 9.72 Å². The van der Waals surface area contributed by atoms with E-state index in [0.717, 1.165) is 6.08 Å². The summed E-state index contributed by atoms with van der Waals surface area (Å²) >= 11 is 5.92. The number of halogens is 1. The highest BCUT2D eigenvalue weighted by molar-refractivity contribution is 6.30. The highest BCUT2D eigenvalue weighted by Crippen LogP contribution is 2.35. The van der Waals surface area contributed by atoms with Crippen molar-refractivity contribution in [2.24, 2.45) is 5.92 Å². The van der Waals surface area contributed by atoms with Crippen molar-refractivity contribution < 1.29 is 23.9 Å². The van der Waals surface area contributed by atoms with Crippen molar-refractivity contribution in [1.82, 2.24) is 4.98 Å². The van der Waals surface area contributed by atoms with Crippen LogP contribution in [-0.4, -0.2) is 29.6 Å². The molecule has 0 saturated heterocycles. The Labute approximate surface area is 166 Å². The van der Waals surface area contributed by atoms with E-state index >= 15 is 0 Å². The number of hydrogen-bond donors (Lipinski definition) is 0. The lowest BCUT2D eigenvalue weighted by Crippen LogP contribution is -2.23. The first kappa shape index (κ1) is 19.6. The zero-order chi connectivity index (χ0) is 20.3. The van der Waals surface area contributed by atoms with Crippen molar-refractivity contribution in [2.75, 3.05) is 11.5 Å². The lowest BCUT2D eigenvalue weighted by atomic mass is 10.2. The van der Waals surface area contributed by atoms with Crippen molar-refractivity contribution in [3.05, 3.63) is 65.0 Å². The van der Waals surface area contributed by atoms with Crippen molar-refractivity contribution in [2.45, 2.75) is 13.8 Å². The average molecular weight is 401 g/mol. The van der Waals surface area contributed by atoms with E-state index in [1.54, 1.807) is 36.4 Å². The summed E-state index contributed by atoms with van der Waals surface area (Å²) in [6.45, 7) is 3.84.